The molecule has 0 nitrogen and oxygen atoms in total. The van der Waals surface area contributed by atoms with Crippen molar-refractivity contribution in [1.29, 1.82) is 0 Å². The second kappa shape index (κ2) is 3.74. The molecule has 0 amide bonds. The molecule has 0 saturated carbocycles. The Morgan fingerprint density at radius 3 is 2.43 bits per heavy atom. The Hall–Kier alpha value is -1.44. The van der Waals surface area contributed by atoms with Crippen molar-refractivity contribution in [3.8, 4) is 0 Å². The fraction of sp³-hybridized carbons (Fsp3) is 0.0833. The smallest absolute Gasteiger partial charge is 0.200 e. The summed E-state index contributed by atoms with van der Waals surface area (Å²) in [6.07, 6.45) is -1.79. The van der Waals surface area contributed by atoms with Crippen molar-refractivity contribution < 1.29 is 8.78 Å². The van der Waals surface area contributed by atoms with E-state index in [9.17, 15) is 8.78 Å². The number of fused-ring (bicyclic) bond motifs is 1. The molecule has 14 heavy (non-hydrogen) atoms. The van der Waals surface area contributed by atoms with E-state index in [4.69, 9.17) is 0 Å². The third-order valence-corrected chi connectivity index (χ3v) is 2.20. The average Bonchev–Trinajstić information content (AvgIpc) is 2.18. The van der Waals surface area contributed by atoms with Crippen LogP contribution in [0, 0.1) is 6.43 Å². The quantitative estimate of drug-likeness (QED) is 0.677. The zero-order chi connectivity index (χ0) is 9.97. The van der Waals surface area contributed by atoms with Crippen LogP contribution in [-0.4, -0.2) is 0 Å². The van der Waals surface area contributed by atoms with Crippen LogP contribution in [0.2, 0.25) is 0 Å². The van der Waals surface area contributed by atoms with Crippen molar-refractivity contribution in [2.45, 2.75) is 6.42 Å². The molecular weight excluding hydrogens is 182 g/mol. The Morgan fingerprint density at radius 1 is 0.929 bits per heavy atom. The molecule has 0 unspecified atom stereocenters. The van der Waals surface area contributed by atoms with Crippen LogP contribution in [-0.2, 0) is 6.42 Å². The van der Waals surface area contributed by atoms with E-state index in [2.05, 4.69) is 0 Å². The molecular formula is C12H9F2. The van der Waals surface area contributed by atoms with Gasteiger partial charge < -0.3 is 0 Å². The minimum Gasteiger partial charge on any atom is -0.200 e. The van der Waals surface area contributed by atoms with E-state index >= 15 is 0 Å². The first kappa shape index (κ1) is 9.13. The molecule has 2 rings (SSSR count). The van der Waals surface area contributed by atoms with Gasteiger partial charge in [-0.15, -0.1) is 0 Å². The first-order valence-corrected chi connectivity index (χ1v) is 4.41. The highest BCUT2D eigenvalue weighted by molar-refractivity contribution is 5.85. The second-order valence-corrected chi connectivity index (χ2v) is 3.15. The van der Waals surface area contributed by atoms with Gasteiger partial charge >= 0.3 is 6.43 Å². The third-order valence-electron chi connectivity index (χ3n) is 2.20. The van der Waals surface area contributed by atoms with Gasteiger partial charge in [0.2, 0.25) is 0 Å². The van der Waals surface area contributed by atoms with Crippen LogP contribution in [0.5, 0.6) is 0 Å². The van der Waals surface area contributed by atoms with E-state index in [1.54, 1.807) is 12.1 Å². The van der Waals surface area contributed by atoms with Crippen molar-refractivity contribution in [1.82, 2.24) is 0 Å². The number of halogens is 2. The SMILES string of the molecule is F[C](F)Cc1cccc2ccccc12. The zero-order valence-corrected chi connectivity index (χ0v) is 7.50. The van der Waals surface area contributed by atoms with Gasteiger partial charge in [-0.25, -0.2) is 0 Å². The maximum absolute atomic E-state index is 12.2. The highest BCUT2D eigenvalue weighted by Crippen LogP contribution is 2.22. The summed E-state index contributed by atoms with van der Waals surface area (Å²) in [5, 5.41) is 1.91. The van der Waals surface area contributed by atoms with Crippen LogP contribution in [0.1, 0.15) is 5.56 Å². The normalized spacial score (nSPS) is 11.1. The molecule has 2 aromatic rings. The monoisotopic (exact) mass is 191 g/mol. The van der Waals surface area contributed by atoms with Crippen molar-refractivity contribution in [2.24, 2.45) is 0 Å². The minimum absolute atomic E-state index is 0.249. The summed E-state index contributed by atoms with van der Waals surface area (Å²) in [7, 11) is 0. The summed E-state index contributed by atoms with van der Waals surface area (Å²) in [6, 6.07) is 13.0. The standard InChI is InChI=1S/C12H9F2/c13-12(14)8-10-6-3-5-9-4-1-2-7-11(9)10/h1-7H,8H2. The molecule has 0 aromatic heterocycles. The lowest BCUT2D eigenvalue weighted by Gasteiger charge is -2.04. The average molecular weight is 191 g/mol. The van der Waals surface area contributed by atoms with Crippen LogP contribution < -0.4 is 0 Å². The molecule has 0 aliphatic carbocycles. The minimum atomic E-state index is -1.54. The van der Waals surface area contributed by atoms with Crippen LogP contribution in [0.25, 0.3) is 10.8 Å². The lowest BCUT2D eigenvalue weighted by atomic mass is 10.0. The molecule has 0 saturated heterocycles. The van der Waals surface area contributed by atoms with E-state index < -0.39 is 6.43 Å². The first-order chi connectivity index (χ1) is 6.77. The highest BCUT2D eigenvalue weighted by Gasteiger charge is 2.08. The predicted octanol–water partition coefficient (Wildman–Crippen LogP) is 3.81. The molecule has 71 valence electrons. The van der Waals surface area contributed by atoms with E-state index in [1.165, 1.54) is 0 Å². The van der Waals surface area contributed by atoms with Gasteiger partial charge in [0, 0.05) is 6.42 Å². The largest absolute Gasteiger partial charge is 0.314 e. The summed E-state index contributed by atoms with van der Waals surface area (Å²) in [5.74, 6) is 0. The molecule has 2 aromatic carbocycles. The maximum atomic E-state index is 12.2. The van der Waals surface area contributed by atoms with Gasteiger partial charge in [0.25, 0.3) is 0 Å². The van der Waals surface area contributed by atoms with Crippen LogP contribution >= 0.6 is 0 Å². The molecule has 0 fully saturated rings. The highest BCUT2D eigenvalue weighted by atomic mass is 19.3. The number of rotatable bonds is 2. The van der Waals surface area contributed by atoms with Crippen LogP contribution in [0.3, 0.4) is 0 Å². The van der Waals surface area contributed by atoms with Gasteiger partial charge in [-0.1, -0.05) is 42.5 Å². The topological polar surface area (TPSA) is 0 Å². The van der Waals surface area contributed by atoms with Crippen molar-refractivity contribution in [3.05, 3.63) is 54.5 Å². The predicted molar refractivity (Wildman–Crippen MR) is 53.1 cm³/mol. The summed E-state index contributed by atoms with van der Waals surface area (Å²) in [5.41, 5.74) is 0.683. The summed E-state index contributed by atoms with van der Waals surface area (Å²) in [6.45, 7) is 0. The van der Waals surface area contributed by atoms with Crippen LogP contribution in [0.4, 0.5) is 8.78 Å². The molecule has 0 atom stereocenters. The Balaban J connectivity index is 2.53. The second-order valence-electron chi connectivity index (χ2n) is 3.15. The molecule has 0 aliphatic rings. The zero-order valence-electron chi connectivity index (χ0n) is 7.50. The number of benzene rings is 2. The molecule has 0 aliphatic heterocycles. The van der Waals surface area contributed by atoms with E-state index in [-0.39, 0.29) is 6.42 Å². The molecule has 0 spiro atoms. The van der Waals surface area contributed by atoms with E-state index in [1.807, 2.05) is 30.3 Å². The molecule has 1 radical (unpaired) electrons. The fourth-order valence-corrected chi connectivity index (χ4v) is 1.59. The fourth-order valence-electron chi connectivity index (χ4n) is 1.59. The first-order valence-electron chi connectivity index (χ1n) is 4.41. The van der Waals surface area contributed by atoms with Gasteiger partial charge in [-0.3, -0.25) is 0 Å². The van der Waals surface area contributed by atoms with Crippen LogP contribution in [0.15, 0.2) is 42.5 Å². The van der Waals surface area contributed by atoms with Gasteiger partial charge in [-0.05, 0) is 16.3 Å². The molecule has 2 heteroatoms. The van der Waals surface area contributed by atoms with Gasteiger partial charge in [-0.2, -0.15) is 8.78 Å². The molecule has 0 heterocycles. The Morgan fingerprint density at radius 2 is 1.64 bits per heavy atom. The van der Waals surface area contributed by atoms with Gasteiger partial charge in [0.1, 0.15) is 0 Å². The summed E-state index contributed by atoms with van der Waals surface area (Å²) >= 11 is 0. The van der Waals surface area contributed by atoms with E-state index in [0.29, 0.717) is 5.56 Å². The number of hydrogen-bond donors (Lipinski definition) is 0. The Kier molecular flexibility index (Phi) is 2.44. The van der Waals surface area contributed by atoms with Gasteiger partial charge in [0.05, 0.1) is 0 Å². The van der Waals surface area contributed by atoms with Gasteiger partial charge in [0.15, 0.2) is 0 Å². The third kappa shape index (κ3) is 1.74. The number of hydrogen-bond acceptors (Lipinski definition) is 0. The Bertz CT molecular complexity index is 430. The van der Waals surface area contributed by atoms with Crippen molar-refractivity contribution in [3.63, 3.8) is 0 Å². The Labute approximate surface area is 81.2 Å². The van der Waals surface area contributed by atoms with E-state index in [0.717, 1.165) is 10.8 Å². The lowest BCUT2D eigenvalue weighted by molar-refractivity contribution is 0.283. The maximum Gasteiger partial charge on any atom is 0.314 e. The molecule has 0 bridgehead atoms. The summed E-state index contributed by atoms with van der Waals surface area (Å²) < 4.78 is 24.3. The lowest BCUT2D eigenvalue weighted by Crippen LogP contribution is -1.90. The molecule has 0 N–H and O–H groups in total. The summed E-state index contributed by atoms with van der Waals surface area (Å²) in [4.78, 5) is 0. The van der Waals surface area contributed by atoms with Crippen molar-refractivity contribution in [2.75, 3.05) is 0 Å². The van der Waals surface area contributed by atoms with Crippen molar-refractivity contribution >= 4 is 10.8 Å².